The minimum Gasteiger partial charge on any atom is -0.335 e. The molecule has 1 aliphatic rings. The maximum Gasteiger partial charge on any atom is 0.273 e. The molecule has 2 heterocycles. The lowest BCUT2D eigenvalue weighted by molar-refractivity contribution is 0.0630. The van der Waals surface area contributed by atoms with E-state index in [0.29, 0.717) is 18.3 Å². The molecule has 1 aliphatic heterocycles. The first-order chi connectivity index (χ1) is 7.72. The molecule has 2 N–H and O–H groups in total. The van der Waals surface area contributed by atoms with E-state index in [1.54, 1.807) is 0 Å². The molecule has 1 aromatic rings. The van der Waals surface area contributed by atoms with E-state index in [4.69, 9.17) is 5.73 Å². The van der Waals surface area contributed by atoms with Gasteiger partial charge in [0.1, 0.15) is 10.7 Å². The first kappa shape index (κ1) is 14.4. The molecule has 17 heavy (non-hydrogen) atoms. The highest BCUT2D eigenvalue weighted by molar-refractivity contribution is 7.09. The van der Waals surface area contributed by atoms with Gasteiger partial charge in [0.05, 0.1) is 0 Å². The summed E-state index contributed by atoms with van der Waals surface area (Å²) in [6.07, 6.45) is 3.42. The van der Waals surface area contributed by atoms with Gasteiger partial charge in [0.2, 0.25) is 0 Å². The Bertz CT molecular complexity index is 383. The lowest BCUT2D eigenvalue weighted by Gasteiger charge is -2.32. The van der Waals surface area contributed by atoms with E-state index in [-0.39, 0.29) is 18.3 Å². The fraction of sp³-hybridized carbons (Fsp3) is 0.636. The van der Waals surface area contributed by atoms with E-state index < -0.39 is 0 Å². The third-order valence-electron chi connectivity index (χ3n) is 3.01. The number of hydrogen-bond acceptors (Lipinski definition) is 4. The maximum absolute atomic E-state index is 12.2. The SMILES string of the molecule is CC1CCCCN1C(=O)c1csc(CN)n1.Cl. The van der Waals surface area contributed by atoms with Crippen LogP contribution in [0.5, 0.6) is 0 Å². The lowest BCUT2D eigenvalue weighted by Crippen LogP contribution is -2.42. The minimum absolute atomic E-state index is 0. The molecule has 1 fully saturated rings. The normalized spacial score (nSPS) is 19.9. The van der Waals surface area contributed by atoms with Gasteiger partial charge in [-0.1, -0.05) is 0 Å². The van der Waals surface area contributed by atoms with Gasteiger partial charge < -0.3 is 10.6 Å². The van der Waals surface area contributed by atoms with Crippen LogP contribution in [-0.4, -0.2) is 28.4 Å². The summed E-state index contributed by atoms with van der Waals surface area (Å²) in [7, 11) is 0. The van der Waals surface area contributed by atoms with Crippen molar-refractivity contribution >= 4 is 29.7 Å². The van der Waals surface area contributed by atoms with Crippen LogP contribution in [0.15, 0.2) is 5.38 Å². The number of nitrogens with two attached hydrogens (primary N) is 1. The zero-order valence-corrected chi connectivity index (χ0v) is 11.5. The number of aromatic nitrogens is 1. The Hall–Kier alpha value is -0.650. The van der Waals surface area contributed by atoms with Gasteiger partial charge in [0.15, 0.2) is 0 Å². The van der Waals surface area contributed by atoms with Crippen LogP contribution in [-0.2, 0) is 6.54 Å². The summed E-state index contributed by atoms with van der Waals surface area (Å²) in [6, 6.07) is 0.337. The number of carbonyl (C=O) groups excluding carboxylic acids is 1. The van der Waals surface area contributed by atoms with Crippen molar-refractivity contribution in [3.8, 4) is 0 Å². The molecule has 1 amide bonds. The lowest BCUT2D eigenvalue weighted by atomic mass is 10.0. The van der Waals surface area contributed by atoms with Crippen LogP contribution in [0.25, 0.3) is 0 Å². The Kier molecular flexibility index (Phi) is 5.36. The summed E-state index contributed by atoms with van der Waals surface area (Å²) < 4.78 is 0. The number of piperidine rings is 1. The van der Waals surface area contributed by atoms with Crippen molar-refractivity contribution in [3.63, 3.8) is 0 Å². The Labute approximate surface area is 112 Å². The fourth-order valence-corrected chi connectivity index (χ4v) is 2.70. The molecule has 0 aliphatic carbocycles. The van der Waals surface area contributed by atoms with Crippen molar-refractivity contribution in [3.05, 3.63) is 16.1 Å². The Morgan fingerprint density at radius 1 is 1.65 bits per heavy atom. The van der Waals surface area contributed by atoms with E-state index in [9.17, 15) is 4.79 Å². The number of nitrogens with zero attached hydrogens (tertiary/aromatic N) is 2. The second kappa shape index (κ2) is 6.33. The predicted molar refractivity (Wildman–Crippen MR) is 71.6 cm³/mol. The summed E-state index contributed by atoms with van der Waals surface area (Å²) in [6.45, 7) is 3.37. The molecule has 6 heteroatoms. The molecule has 0 aromatic carbocycles. The summed E-state index contributed by atoms with van der Waals surface area (Å²) in [5.74, 6) is 0.0585. The molecule has 1 aromatic heterocycles. The van der Waals surface area contributed by atoms with Crippen LogP contribution in [0.4, 0.5) is 0 Å². The van der Waals surface area contributed by atoms with Crippen molar-refractivity contribution in [2.24, 2.45) is 5.73 Å². The molecule has 4 nitrogen and oxygen atoms in total. The number of amides is 1. The molecule has 1 saturated heterocycles. The smallest absolute Gasteiger partial charge is 0.273 e. The zero-order valence-electron chi connectivity index (χ0n) is 9.89. The summed E-state index contributed by atoms with van der Waals surface area (Å²) in [4.78, 5) is 18.3. The van der Waals surface area contributed by atoms with Crippen molar-refractivity contribution in [2.75, 3.05) is 6.54 Å². The van der Waals surface area contributed by atoms with Gasteiger partial charge in [0.25, 0.3) is 5.91 Å². The van der Waals surface area contributed by atoms with E-state index in [1.165, 1.54) is 17.8 Å². The van der Waals surface area contributed by atoms with Crippen molar-refractivity contribution in [2.45, 2.75) is 38.8 Å². The largest absolute Gasteiger partial charge is 0.335 e. The Morgan fingerprint density at radius 2 is 2.41 bits per heavy atom. The molecule has 0 bridgehead atoms. The second-order valence-electron chi connectivity index (χ2n) is 4.17. The van der Waals surface area contributed by atoms with E-state index in [1.807, 2.05) is 10.3 Å². The standard InChI is InChI=1S/C11H17N3OS.ClH/c1-8-4-2-3-5-14(8)11(15)9-7-16-10(6-12)13-9;/h7-8H,2-6,12H2,1H3;1H. The van der Waals surface area contributed by atoms with Gasteiger partial charge in [-0.25, -0.2) is 4.98 Å². The number of carbonyl (C=O) groups is 1. The first-order valence-electron chi connectivity index (χ1n) is 5.68. The zero-order chi connectivity index (χ0) is 11.5. The Morgan fingerprint density at radius 3 is 3.00 bits per heavy atom. The topological polar surface area (TPSA) is 59.2 Å². The number of thiazole rings is 1. The van der Waals surface area contributed by atoms with Crippen molar-refractivity contribution in [1.82, 2.24) is 9.88 Å². The van der Waals surface area contributed by atoms with Gasteiger partial charge in [0, 0.05) is 24.5 Å². The summed E-state index contributed by atoms with van der Waals surface area (Å²) in [5.41, 5.74) is 6.05. The molecule has 1 unspecified atom stereocenters. The van der Waals surface area contributed by atoms with Gasteiger partial charge in [-0.2, -0.15) is 0 Å². The number of hydrogen-bond donors (Lipinski definition) is 1. The highest BCUT2D eigenvalue weighted by Crippen LogP contribution is 2.20. The van der Waals surface area contributed by atoms with Crippen LogP contribution in [0.2, 0.25) is 0 Å². The second-order valence-corrected chi connectivity index (χ2v) is 5.12. The van der Waals surface area contributed by atoms with Crippen LogP contribution in [0.1, 0.15) is 41.7 Å². The third kappa shape index (κ3) is 3.18. The van der Waals surface area contributed by atoms with Gasteiger partial charge >= 0.3 is 0 Å². The van der Waals surface area contributed by atoms with E-state index in [0.717, 1.165) is 24.4 Å². The van der Waals surface area contributed by atoms with Crippen LogP contribution in [0.3, 0.4) is 0 Å². The van der Waals surface area contributed by atoms with Crippen molar-refractivity contribution in [1.29, 1.82) is 0 Å². The minimum atomic E-state index is 0. The Balaban J connectivity index is 0.00000144. The average Bonchev–Trinajstić information content (AvgIpc) is 2.77. The number of likely N-dealkylation sites (tertiary alicyclic amines) is 1. The van der Waals surface area contributed by atoms with E-state index >= 15 is 0 Å². The number of halogens is 1. The van der Waals surface area contributed by atoms with Gasteiger partial charge in [-0.15, -0.1) is 23.7 Å². The van der Waals surface area contributed by atoms with Crippen molar-refractivity contribution < 1.29 is 4.79 Å². The van der Waals surface area contributed by atoms with E-state index in [2.05, 4.69) is 11.9 Å². The highest BCUT2D eigenvalue weighted by Gasteiger charge is 2.25. The van der Waals surface area contributed by atoms with Crippen LogP contribution < -0.4 is 5.73 Å². The average molecular weight is 276 g/mol. The molecule has 0 spiro atoms. The quantitative estimate of drug-likeness (QED) is 0.899. The maximum atomic E-state index is 12.2. The molecular weight excluding hydrogens is 258 g/mol. The number of rotatable bonds is 2. The molecular formula is C11H18ClN3OS. The molecule has 1 atom stereocenters. The van der Waals surface area contributed by atoms with Gasteiger partial charge in [-0.3, -0.25) is 4.79 Å². The van der Waals surface area contributed by atoms with Gasteiger partial charge in [-0.05, 0) is 26.2 Å². The third-order valence-corrected chi connectivity index (χ3v) is 3.88. The predicted octanol–water partition coefficient (Wildman–Crippen LogP) is 2.04. The molecule has 0 saturated carbocycles. The van der Waals surface area contributed by atoms with Crippen LogP contribution >= 0.6 is 23.7 Å². The summed E-state index contributed by atoms with van der Waals surface area (Å²) in [5, 5.41) is 2.64. The highest BCUT2D eigenvalue weighted by atomic mass is 35.5. The first-order valence-corrected chi connectivity index (χ1v) is 6.55. The molecule has 0 radical (unpaired) electrons. The molecule has 2 rings (SSSR count). The monoisotopic (exact) mass is 275 g/mol. The fourth-order valence-electron chi connectivity index (χ4n) is 2.05. The molecule has 96 valence electrons. The summed E-state index contributed by atoms with van der Waals surface area (Å²) >= 11 is 1.46. The van der Waals surface area contributed by atoms with Crippen LogP contribution in [0, 0.1) is 0 Å².